The van der Waals surface area contributed by atoms with Crippen molar-refractivity contribution < 1.29 is 0 Å². The third-order valence-electron chi connectivity index (χ3n) is 3.52. The number of hydrogen-bond acceptors (Lipinski definition) is 2. The molecule has 0 saturated carbocycles. The van der Waals surface area contributed by atoms with Gasteiger partial charge in [-0.05, 0) is 59.9 Å². The van der Waals surface area contributed by atoms with Gasteiger partial charge in [-0.3, -0.25) is 9.58 Å². The van der Waals surface area contributed by atoms with E-state index in [0.29, 0.717) is 11.6 Å². The maximum absolute atomic E-state index is 4.42. The zero-order chi connectivity index (χ0) is 19.3. The van der Waals surface area contributed by atoms with Gasteiger partial charge in [-0.15, -0.1) is 6.58 Å². The first-order valence-corrected chi connectivity index (χ1v) is 9.58. The van der Waals surface area contributed by atoms with Crippen LogP contribution in [-0.4, -0.2) is 33.3 Å². The third-order valence-corrected chi connectivity index (χ3v) is 3.52. The van der Waals surface area contributed by atoms with Crippen molar-refractivity contribution in [2.45, 2.75) is 93.7 Å². The predicted molar refractivity (Wildman–Crippen MR) is 110 cm³/mol. The van der Waals surface area contributed by atoms with E-state index in [9.17, 15) is 0 Å². The highest BCUT2D eigenvalue weighted by Gasteiger charge is 2.27. The Kier molecular flexibility index (Phi) is 13.9. The van der Waals surface area contributed by atoms with Gasteiger partial charge in [-0.1, -0.05) is 33.3 Å². The van der Waals surface area contributed by atoms with Gasteiger partial charge in [0.2, 0.25) is 0 Å². The van der Waals surface area contributed by atoms with E-state index in [2.05, 4.69) is 55.2 Å². The molecule has 3 heteroatoms. The zero-order valence-electron chi connectivity index (χ0n) is 18.1. The number of hydrogen-bond donors (Lipinski definition) is 0. The molecule has 24 heavy (non-hydrogen) atoms. The predicted octanol–water partition coefficient (Wildman–Crippen LogP) is 6.26. The molecular formula is C21H43N3. The van der Waals surface area contributed by atoms with Gasteiger partial charge in [0.1, 0.15) is 0 Å². The van der Waals surface area contributed by atoms with E-state index in [4.69, 9.17) is 0 Å². The van der Waals surface area contributed by atoms with Gasteiger partial charge in [-0.2, -0.15) is 5.10 Å². The first kappa shape index (κ1) is 25.2. The number of allylic oxidation sites excluding steroid dienone is 1. The van der Waals surface area contributed by atoms with Crippen molar-refractivity contribution in [2.24, 2.45) is 0 Å². The summed E-state index contributed by atoms with van der Waals surface area (Å²) in [4.78, 5) is 2.57. The van der Waals surface area contributed by atoms with Gasteiger partial charge < -0.3 is 0 Å². The lowest BCUT2D eigenvalue weighted by molar-refractivity contribution is 0.0870. The van der Waals surface area contributed by atoms with Gasteiger partial charge in [0.25, 0.3) is 0 Å². The van der Waals surface area contributed by atoms with Crippen molar-refractivity contribution in [3.05, 3.63) is 30.1 Å². The smallest absolute Gasteiger partial charge is 0.0543 e. The Balaban J connectivity index is 0. The highest BCUT2D eigenvalue weighted by Crippen LogP contribution is 2.26. The molecule has 0 spiro atoms. The van der Waals surface area contributed by atoms with Crippen LogP contribution in [0.15, 0.2) is 24.5 Å². The second-order valence-corrected chi connectivity index (χ2v) is 7.09. The fraction of sp³-hybridized carbons (Fsp3) is 0.762. The molecule has 0 amide bonds. The largest absolute Gasteiger partial charge is 0.298 e. The van der Waals surface area contributed by atoms with Crippen LogP contribution in [0.1, 0.15) is 86.8 Å². The van der Waals surface area contributed by atoms with Crippen molar-refractivity contribution in [1.82, 2.24) is 14.7 Å². The Bertz CT molecular complexity index is 415. The molecular weight excluding hydrogens is 294 g/mol. The Morgan fingerprint density at radius 2 is 1.50 bits per heavy atom. The zero-order valence-corrected chi connectivity index (χ0v) is 18.1. The highest BCUT2D eigenvalue weighted by atomic mass is 15.3. The number of nitrogens with zero attached hydrogens (tertiary/aromatic N) is 3. The lowest BCUT2D eigenvalue weighted by Crippen LogP contribution is -2.46. The van der Waals surface area contributed by atoms with E-state index in [1.54, 1.807) is 0 Å². The first-order chi connectivity index (χ1) is 11.2. The molecule has 1 aliphatic heterocycles. The standard InChI is InChI=1S/C13H23N3.C4H8.2C2H6/c1-11-9-14-16(10-11)12-5-7-15(8-6-12)13(2,3)4;1-4(2)3;2*1-2/h9-10,12H,5-8H2,1-4H3;1H2,2-3H3;2*1-2H3. The highest BCUT2D eigenvalue weighted by molar-refractivity contribution is 5.01. The van der Waals surface area contributed by atoms with Crippen LogP contribution in [0.25, 0.3) is 0 Å². The molecule has 142 valence electrons. The Morgan fingerprint density at radius 3 is 1.79 bits per heavy atom. The van der Waals surface area contributed by atoms with Crippen LogP contribution < -0.4 is 0 Å². The molecule has 0 aromatic carbocycles. The summed E-state index contributed by atoms with van der Waals surface area (Å²) in [6.07, 6.45) is 6.56. The summed E-state index contributed by atoms with van der Waals surface area (Å²) in [6.45, 7) is 26.9. The number of piperidine rings is 1. The molecule has 0 radical (unpaired) electrons. The molecule has 1 aliphatic rings. The van der Waals surface area contributed by atoms with Crippen LogP contribution in [0.4, 0.5) is 0 Å². The maximum atomic E-state index is 4.42. The normalized spacial score (nSPS) is 15.1. The van der Waals surface area contributed by atoms with E-state index < -0.39 is 0 Å². The Labute approximate surface area is 152 Å². The van der Waals surface area contributed by atoms with Crippen molar-refractivity contribution in [3.63, 3.8) is 0 Å². The van der Waals surface area contributed by atoms with E-state index in [-0.39, 0.29) is 0 Å². The summed E-state index contributed by atoms with van der Waals surface area (Å²) in [5.74, 6) is 0. The van der Waals surface area contributed by atoms with Crippen LogP contribution in [0.2, 0.25) is 0 Å². The molecule has 1 aromatic rings. The fourth-order valence-electron chi connectivity index (χ4n) is 2.43. The minimum Gasteiger partial charge on any atom is -0.298 e. The number of likely N-dealkylation sites (tertiary alicyclic amines) is 1. The summed E-state index contributed by atoms with van der Waals surface area (Å²) < 4.78 is 2.15. The summed E-state index contributed by atoms with van der Waals surface area (Å²) in [5, 5.41) is 4.42. The van der Waals surface area contributed by atoms with Crippen LogP contribution in [0.3, 0.4) is 0 Å². The second-order valence-electron chi connectivity index (χ2n) is 7.09. The van der Waals surface area contributed by atoms with E-state index >= 15 is 0 Å². The van der Waals surface area contributed by atoms with Crippen LogP contribution in [0.5, 0.6) is 0 Å². The molecule has 1 aromatic heterocycles. The molecule has 3 nitrogen and oxygen atoms in total. The van der Waals surface area contributed by atoms with Crippen molar-refractivity contribution in [1.29, 1.82) is 0 Å². The molecule has 0 unspecified atom stereocenters. The number of rotatable bonds is 1. The van der Waals surface area contributed by atoms with Crippen molar-refractivity contribution >= 4 is 0 Å². The molecule has 0 bridgehead atoms. The third kappa shape index (κ3) is 10.6. The van der Waals surface area contributed by atoms with Crippen LogP contribution in [-0.2, 0) is 0 Å². The summed E-state index contributed by atoms with van der Waals surface area (Å²) in [6, 6.07) is 0.604. The van der Waals surface area contributed by atoms with Gasteiger partial charge >= 0.3 is 0 Å². The monoisotopic (exact) mass is 337 g/mol. The second kappa shape index (κ2) is 13.2. The topological polar surface area (TPSA) is 21.1 Å². The fourth-order valence-corrected chi connectivity index (χ4v) is 2.43. The average molecular weight is 338 g/mol. The average Bonchev–Trinajstić information content (AvgIpc) is 2.97. The SMILES string of the molecule is C=C(C)C.CC.CC.Cc1cnn(C2CCN(C(C)(C)C)CC2)c1. The van der Waals surface area contributed by atoms with Crippen LogP contribution >= 0.6 is 0 Å². The minimum absolute atomic E-state index is 0.311. The van der Waals surface area contributed by atoms with E-state index in [1.807, 2.05) is 47.7 Å². The van der Waals surface area contributed by atoms with Gasteiger partial charge in [0.05, 0.1) is 12.2 Å². The summed E-state index contributed by atoms with van der Waals surface area (Å²) >= 11 is 0. The molecule has 0 aliphatic carbocycles. The lowest BCUT2D eigenvalue weighted by atomic mass is 9.98. The van der Waals surface area contributed by atoms with Gasteiger partial charge in [0.15, 0.2) is 0 Å². The molecule has 2 heterocycles. The molecule has 2 rings (SSSR count). The van der Waals surface area contributed by atoms with E-state index in [0.717, 1.165) is 0 Å². The molecule has 1 fully saturated rings. The van der Waals surface area contributed by atoms with Gasteiger partial charge in [-0.25, -0.2) is 0 Å². The maximum Gasteiger partial charge on any atom is 0.0543 e. The quantitative estimate of drug-likeness (QED) is 0.564. The minimum atomic E-state index is 0.311. The Hall–Kier alpha value is -1.09. The van der Waals surface area contributed by atoms with Crippen molar-refractivity contribution in [3.8, 4) is 0 Å². The lowest BCUT2D eigenvalue weighted by Gasteiger charge is -2.40. The first-order valence-electron chi connectivity index (χ1n) is 9.58. The van der Waals surface area contributed by atoms with Crippen LogP contribution in [0, 0.1) is 6.92 Å². The molecule has 0 atom stereocenters. The number of aryl methyl sites for hydroxylation is 1. The van der Waals surface area contributed by atoms with Crippen molar-refractivity contribution in [2.75, 3.05) is 13.1 Å². The van der Waals surface area contributed by atoms with E-state index in [1.165, 1.54) is 37.1 Å². The van der Waals surface area contributed by atoms with Gasteiger partial charge in [0, 0.05) is 24.8 Å². The number of aromatic nitrogens is 2. The summed E-state index contributed by atoms with van der Waals surface area (Å²) in [7, 11) is 0. The summed E-state index contributed by atoms with van der Waals surface area (Å²) in [5.41, 5.74) is 2.74. The molecule has 1 saturated heterocycles. The Morgan fingerprint density at radius 1 is 1.08 bits per heavy atom. The molecule has 0 N–H and O–H groups in total.